The Balaban J connectivity index is 2.06. The lowest BCUT2D eigenvalue weighted by atomic mass is 10.2. The highest BCUT2D eigenvalue weighted by molar-refractivity contribution is 5.91. The van der Waals surface area contributed by atoms with Crippen molar-refractivity contribution in [1.29, 1.82) is 0 Å². The maximum Gasteiger partial charge on any atom is 0.272 e. The summed E-state index contributed by atoms with van der Waals surface area (Å²) in [5.41, 5.74) is 1.59. The number of pyridine rings is 1. The van der Waals surface area contributed by atoms with E-state index >= 15 is 0 Å². The predicted molar refractivity (Wildman–Crippen MR) is 66.5 cm³/mol. The number of nitrogens with zero attached hydrogens (tertiary/aromatic N) is 2. The molecule has 0 aliphatic rings. The van der Waals surface area contributed by atoms with Crippen molar-refractivity contribution < 1.29 is 4.79 Å². The minimum Gasteiger partial charge on any atom is -0.336 e. The Kier molecular flexibility index (Phi) is 3.50. The van der Waals surface area contributed by atoms with E-state index in [2.05, 4.69) is 4.98 Å². The van der Waals surface area contributed by atoms with Gasteiger partial charge in [0.15, 0.2) is 0 Å². The summed E-state index contributed by atoms with van der Waals surface area (Å²) < 4.78 is 0. The standard InChI is InChI=1S/C14H14N2O/c1-16(11-12-7-3-2-4-8-12)14(17)13-9-5-6-10-15-13/h2-10H,11H2,1H3. The van der Waals surface area contributed by atoms with Crippen molar-refractivity contribution >= 4 is 5.91 Å². The Hall–Kier alpha value is -2.16. The van der Waals surface area contributed by atoms with Crippen LogP contribution in [0.3, 0.4) is 0 Å². The first kappa shape index (κ1) is 11.3. The third-order valence-electron chi connectivity index (χ3n) is 2.49. The van der Waals surface area contributed by atoms with Gasteiger partial charge in [-0.3, -0.25) is 9.78 Å². The van der Waals surface area contributed by atoms with Crippen LogP contribution in [-0.2, 0) is 6.54 Å². The van der Waals surface area contributed by atoms with Crippen molar-refractivity contribution in [2.24, 2.45) is 0 Å². The zero-order valence-electron chi connectivity index (χ0n) is 9.71. The number of carbonyl (C=O) groups is 1. The number of hydrogen-bond acceptors (Lipinski definition) is 2. The summed E-state index contributed by atoms with van der Waals surface area (Å²) in [7, 11) is 1.78. The highest BCUT2D eigenvalue weighted by Crippen LogP contribution is 2.06. The molecule has 0 radical (unpaired) electrons. The normalized spacial score (nSPS) is 9.94. The molecule has 0 unspecified atom stereocenters. The number of amides is 1. The van der Waals surface area contributed by atoms with Crippen LogP contribution in [0.4, 0.5) is 0 Å². The number of benzene rings is 1. The summed E-state index contributed by atoms with van der Waals surface area (Å²) in [6.45, 7) is 0.593. The van der Waals surface area contributed by atoms with Crippen LogP contribution in [0, 0.1) is 0 Å². The monoisotopic (exact) mass is 226 g/mol. The fourth-order valence-corrected chi connectivity index (χ4v) is 1.61. The molecule has 2 rings (SSSR count). The van der Waals surface area contributed by atoms with E-state index in [-0.39, 0.29) is 5.91 Å². The van der Waals surface area contributed by atoms with Crippen molar-refractivity contribution in [2.75, 3.05) is 7.05 Å². The fourth-order valence-electron chi connectivity index (χ4n) is 1.61. The zero-order chi connectivity index (χ0) is 12.1. The van der Waals surface area contributed by atoms with E-state index in [0.29, 0.717) is 12.2 Å². The molecule has 1 amide bonds. The molecule has 3 nitrogen and oxygen atoms in total. The topological polar surface area (TPSA) is 33.2 Å². The smallest absolute Gasteiger partial charge is 0.272 e. The molecular weight excluding hydrogens is 212 g/mol. The van der Waals surface area contributed by atoms with Gasteiger partial charge in [-0.15, -0.1) is 0 Å². The lowest BCUT2D eigenvalue weighted by Crippen LogP contribution is -2.26. The highest BCUT2D eigenvalue weighted by Gasteiger charge is 2.12. The molecule has 0 fully saturated rings. The van der Waals surface area contributed by atoms with Crippen LogP contribution in [0.2, 0.25) is 0 Å². The molecule has 1 aromatic carbocycles. The van der Waals surface area contributed by atoms with Crippen molar-refractivity contribution in [3.63, 3.8) is 0 Å². The highest BCUT2D eigenvalue weighted by atomic mass is 16.2. The van der Waals surface area contributed by atoms with Crippen LogP contribution in [0.15, 0.2) is 54.7 Å². The first-order valence-electron chi connectivity index (χ1n) is 5.48. The second kappa shape index (κ2) is 5.25. The minimum absolute atomic E-state index is 0.0607. The van der Waals surface area contributed by atoms with Gasteiger partial charge in [0, 0.05) is 19.8 Å². The summed E-state index contributed by atoms with van der Waals surface area (Å²) in [4.78, 5) is 17.7. The summed E-state index contributed by atoms with van der Waals surface area (Å²) in [5.74, 6) is -0.0607. The largest absolute Gasteiger partial charge is 0.336 e. The molecule has 0 aliphatic carbocycles. The lowest BCUT2D eigenvalue weighted by Gasteiger charge is -2.16. The van der Waals surface area contributed by atoms with Crippen LogP contribution >= 0.6 is 0 Å². The van der Waals surface area contributed by atoms with E-state index in [1.165, 1.54) is 0 Å². The average molecular weight is 226 g/mol. The van der Waals surface area contributed by atoms with E-state index in [0.717, 1.165) is 5.56 Å². The minimum atomic E-state index is -0.0607. The molecule has 86 valence electrons. The maximum atomic E-state index is 12.0. The molecule has 2 aromatic rings. The Morgan fingerprint density at radius 1 is 1.12 bits per heavy atom. The first-order chi connectivity index (χ1) is 8.27. The van der Waals surface area contributed by atoms with Gasteiger partial charge < -0.3 is 4.90 Å². The van der Waals surface area contributed by atoms with Gasteiger partial charge in [0.25, 0.3) is 5.91 Å². The summed E-state index contributed by atoms with van der Waals surface area (Å²) in [5, 5.41) is 0. The molecule has 1 heterocycles. The second-order valence-corrected chi connectivity index (χ2v) is 3.86. The van der Waals surface area contributed by atoms with Crippen molar-refractivity contribution in [3.8, 4) is 0 Å². The number of hydrogen-bond donors (Lipinski definition) is 0. The van der Waals surface area contributed by atoms with Crippen LogP contribution in [0.25, 0.3) is 0 Å². The van der Waals surface area contributed by atoms with Gasteiger partial charge >= 0.3 is 0 Å². The molecule has 3 heteroatoms. The van der Waals surface area contributed by atoms with Gasteiger partial charge in [0.1, 0.15) is 5.69 Å². The molecule has 0 saturated carbocycles. The fraction of sp³-hybridized carbons (Fsp3) is 0.143. The van der Waals surface area contributed by atoms with Gasteiger partial charge in [-0.25, -0.2) is 0 Å². The zero-order valence-corrected chi connectivity index (χ0v) is 9.71. The van der Waals surface area contributed by atoms with Crippen molar-refractivity contribution in [3.05, 3.63) is 66.0 Å². The Bertz CT molecular complexity index is 482. The Morgan fingerprint density at radius 2 is 1.82 bits per heavy atom. The lowest BCUT2D eigenvalue weighted by molar-refractivity contribution is 0.0779. The Labute approximate surface area is 101 Å². The third kappa shape index (κ3) is 2.91. The maximum absolute atomic E-state index is 12.0. The SMILES string of the molecule is CN(Cc1ccccc1)C(=O)c1ccccn1. The van der Waals surface area contributed by atoms with Crippen molar-refractivity contribution in [1.82, 2.24) is 9.88 Å². The quantitative estimate of drug-likeness (QED) is 0.805. The number of carbonyl (C=O) groups excluding carboxylic acids is 1. The van der Waals surface area contributed by atoms with Gasteiger partial charge in [0.05, 0.1) is 0 Å². The number of aromatic nitrogens is 1. The van der Waals surface area contributed by atoms with E-state index in [9.17, 15) is 4.79 Å². The van der Waals surface area contributed by atoms with E-state index in [1.807, 2.05) is 36.4 Å². The van der Waals surface area contributed by atoms with Gasteiger partial charge in [-0.2, -0.15) is 0 Å². The van der Waals surface area contributed by atoms with Gasteiger partial charge in [-0.1, -0.05) is 36.4 Å². The van der Waals surface area contributed by atoms with Gasteiger partial charge in [-0.05, 0) is 17.7 Å². The predicted octanol–water partition coefficient (Wildman–Crippen LogP) is 2.35. The second-order valence-electron chi connectivity index (χ2n) is 3.86. The van der Waals surface area contributed by atoms with E-state index in [4.69, 9.17) is 0 Å². The molecule has 1 aromatic heterocycles. The first-order valence-corrected chi connectivity index (χ1v) is 5.48. The molecule has 0 aliphatic heterocycles. The van der Waals surface area contributed by atoms with Crippen LogP contribution < -0.4 is 0 Å². The van der Waals surface area contributed by atoms with E-state index in [1.54, 1.807) is 30.3 Å². The third-order valence-corrected chi connectivity index (χ3v) is 2.49. The summed E-state index contributed by atoms with van der Waals surface area (Å²) in [6, 6.07) is 15.2. The average Bonchev–Trinajstić information content (AvgIpc) is 2.40. The molecule has 0 atom stereocenters. The molecule has 0 N–H and O–H groups in total. The summed E-state index contributed by atoms with van der Waals surface area (Å²) >= 11 is 0. The van der Waals surface area contributed by atoms with Crippen LogP contribution in [0.1, 0.15) is 16.1 Å². The van der Waals surface area contributed by atoms with Gasteiger partial charge in [0.2, 0.25) is 0 Å². The molecule has 0 saturated heterocycles. The Morgan fingerprint density at radius 3 is 2.47 bits per heavy atom. The molecule has 0 spiro atoms. The van der Waals surface area contributed by atoms with Crippen molar-refractivity contribution in [2.45, 2.75) is 6.54 Å². The molecule has 0 bridgehead atoms. The van der Waals surface area contributed by atoms with Crippen LogP contribution in [0.5, 0.6) is 0 Å². The number of rotatable bonds is 3. The summed E-state index contributed by atoms with van der Waals surface area (Å²) in [6.07, 6.45) is 1.63. The van der Waals surface area contributed by atoms with E-state index < -0.39 is 0 Å². The molecular formula is C14H14N2O. The van der Waals surface area contributed by atoms with Crippen LogP contribution in [-0.4, -0.2) is 22.8 Å². The molecule has 17 heavy (non-hydrogen) atoms.